The first-order valence-corrected chi connectivity index (χ1v) is 8.09. The van der Waals surface area contributed by atoms with Gasteiger partial charge in [0, 0.05) is 6.42 Å². The van der Waals surface area contributed by atoms with Crippen molar-refractivity contribution in [1.82, 2.24) is 0 Å². The van der Waals surface area contributed by atoms with Gasteiger partial charge in [0.15, 0.2) is 5.78 Å². The Kier molecular flexibility index (Phi) is 4.74. The number of carboxylic acid groups (broad SMARTS) is 1. The van der Waals surface area contributed by atoms with Crippen LogP contribution < -0.4 is 0 Å². The average Bonchev–Trinajstić information content (AvgIpc) is 2.42. The quantitative estimate of drug-likeness (QED) is 0.855. The summed E-state index contributed by atoms with van der Waals surface area (Å²) in [6.07, 6.45) is 3.04. The molecule has 0 spiro atoms. The molecule has 0 aromatic heterocycles. The number of carbonyl (C=O) groups excluding carboxylic acids is 1. The molecule has 0 radical (unpaired) electrons. The monoisotopic (exact) mass is 302 g/mol. The maximum absolute atomic E-state index is 12.9. The summed E-state index contributed by atoms with van der Waals surface area (Å²) in [5.41, 5.74) is 3.15. The van der Waals surface area contributed by atoms with Gasteiger partial charge in [-0.3, -0.25) is 9.59 Å². The predicted octanol–water partition coefficient (Wildman–Crippen LogP) is 4.00. The molecular weight excluding hydrogens is 276 g/mol. The van der Waals surface area contributed by atoms with Gasteiger partial charge in [-0.25, -0.2) is 0 Å². The molecule has 2 rings (SSSR count). The van der Waals surface area contributed by atoms with Gasteiger partial charge in [0.1, 0.15) is 5.41 Å². The number of hydrogen-bond donors (Lipinski definition) is 1. The maximum atomic E-state index is 12.9. The number of benzene rings is 1. The van der Waals surface area contributed by atoms with E-state index in [2.05, 4.69) is 12.1 Å². The molecule has 0 saturated heterocycles. The molecule has 0 bridgehead atoms. The van der Waals surface area contributed by atoms with Crippen LogP contribution in [0.2, 0.25) is 0 Å². The lowest BCUT2D eigenvalue weighted by molar-refractivity contribution is -0.158. The van der Waals surface area contributed by atoms with Crippen LogP contribution in [0.25, 0.3) is 0 Å². The molecule has 1 fully saturated rings. The van der Waals surface area contributed by atoms with E-state index in [0.717, 1.165) is 29.5 Å². The van der Waals surface area contributed by atoms with Crippen LogP contribution in [0.3, 0.4) is 0 Å². The molecule has 22 heavy (non-hydrogen) atoms. The highest BCUT2D eigenvalue weighted by Gasteiger charge is 2.47. The molecule has 0 aliphatic heterocycles. The Bertz CT molecular complexity index is 580. The molecule has 1 aromatic rings. The van der Waals surface area contributed by atoms with Crippen molar-refractivity contribution in [2.75, 3.05) is 0 Å². The lowest BCUT2D eigenvalue weighted by Crippen LogP contribution is -2.44. The molecule has 3 heteroatoms. The zero-order valence-electron chi connectivity index (χ0n) is 14.0. The third-order valence-electron chi connectivity index (χ3n) is 5.12. The van der Waals surface area contributed by atoms with E-state index in [-0.39, 0.29) is 12.2 Å². The molecule has 0 amide bonds. The Hall–Kier alpha value is -1.64. The number of carboxylic acids is 1. The van der Waals surface area contributed by atoms with E-state index in [1.165, 1.54) is 5.56 Å². The SMILES string of the molecule is Cc1cc(C)c(CC(=O)C2(C(=O)O)CCCC(C)C2)c(C)c1. The molecule has 2 atom stereocenters. The number of hydrogen-bond acceptors (Lipinski definition) is 2. The van der Waals surface area contributed by atoms with Crippen molar-refractivity contribution in [3.8, 4) is 0 Å². The van der Waals surface area contributed by atoms with Gasteiger partial charge < -0.3 is 5.11 Å². The minimum atomic E-state index is -1.18. The molecule has 1 aliphatic rings. The van der Waals surface area contributed by atoms with Crippen molar-refractivity contribution >= 4 is 11.8 Å². The molecule has 1 aliphatic carbocycles. The summed E-state index contributed by atoms with van der Waals surface area (Å²) in [5, 5.41) is 9.72. The number of aliphatic carboxylic acids is 1. The summed E-state index contributed by atoms with van der Waals surface area (Å²) in [6.45, 7) is 8.08. The highest BCUT2D eigenvalue weighted by Crippen LogP contribution is 2.41. The molecule has 0 heterocycles. The fourth-order valence-corrected chi connectivity index (χ4v) is 3.94. The number of rotatable bonds is 4. The van der Waals surface area contributed by atoms with Gasteiger partial charge in [0.2, 0.25) is 0 Å². The van der Waals surface area contributed by atoms with Gasteiger partial charge in [-0.15, -0.1) is 0 Å². The Morgan fingerprint density at radius 2 is 1.82 bits per heavy atom. The van der Waals surface area contributed by atoms with Crippen LogP contribution in [-0.4, -0.2) is 16.9 Å². The number of ketones is 1. The Labute approximate surface area is 132 Å². The topological polar surface area (TPSA) is 54.4 Å². The molecule has 3 nitrogen and oxygen atoms in total. The van der Waals surface area contributed by atoms with E-state index >= 15 is 0 Å². The van der Waals surface area contributed by atoms with Crippen molar-refractivity contribution < 1.29 is 14.7 Å². The molecule has 2 unspecified atom stereocenters. The van der Waals surface area contributed by atoms with Gasteiger partial charge in [0.05, 0.1) is 0 Å². The smallest absolute Gasteiger partial charge is 0.317 e. The minimum absolute atomic E-state index is 0.124. The highest BCUT2D eigenvalue weighted by atomic mass is 16.4. The zero-order chi connectivity index (χ0) is 16.5. The summed E-state index contributed by atoms with van der Waals surface area (Å²) < 4.78 is 0. The van der Waals surface area contributed by atoms with E-state index in [4.69, 9.17) is 0 Å². The summed E-state index contributed by atoms with van der Waals surface area (Å²) in [5.74, 6) is -0.762. The van der Waals surface area contributed by atoms with Gasteiger partial charge in [-0.1, -0.05) is 37.5 Å². The standard InChI is InChI=1S/C19H26O3/c1-12-6-5-7-19(11-12,18(21)22)17(20)10-16-14(3)8-13(2)9-15(16)4/h8-9,12H,5-7,10-11H2,1-4H3,(H,21,22). The van der Waals surface area contributed by atoms with Gasteiger partial charge in [0.25, 0.3) is 0 Å². The summed E-state index contributed by atoms with van der Waals surface area (Å²) >= 11 is 0. The predicted molar refractivity (Wildman–Crippen MR) is 87.1 cm³/mol. The lowest BCUT2D eigenvalue weighted by Gasteiger charge is -2.35. The van der Waals surface area contributed by atoms with Crippen molar-refractivity contribution in [3.05, 3.63) is 34.4 Å². The number of carbonyl (C=O) groups is 2. The molecule has 1 aromatic carbocycles. The van der Waals surface area contributed by atoms with E-state index in [9.17, 15) is 14.7 Å². The van der Waals surface area contributed by atoms with Crippen LogP contribution in [0.1, 0.15) is 54.9 Å². The fourth-order valence-electron chi connectivity index (χ4n) is 3.94. The van der Waals surface area contributed by atoms with Crippen LogP contribution in [0, 0.1) is 32.1 Å². The molecule has 120 valence electrons. The average molecular weight is 302 g/mol. The van der Waals surface area contributed by atoms with Crippen molar-refractivity contribution in [2.24, 2.45) is 11.3 Å². The number of Topliss-reactive ketones (excluding diaryl/α,β-unsaturated/α-hetero) is 1. The first kappa shape index (κ1) is 16.7. The van der Waals surface area contributed by atoms with Gasteiger partial charge in [-0.05, 0) is 56.2 Å². The molecule has 1 saturated carbocycles. The maximum Gasteiger partial charge on any atom is 0.317 e. The van der Waals surface area contributed by atoms with E-state index in [1.54, 1.807) is 0 Å². The van der Waals surface area contributed by atoms with Crippen LogP contribution in [0.4, 0.5) is 0 Å². The second kappa shape index (κ2) is 6.23. The normalized spacial score (nSPS) is 25.0. The Morgan fingerprint density at radius 1 is 1.23 bits per heavy atom. The van der Waals surface area contributed by atoms with Crippen molar-refractivity contribution in [1.29, 1.82) is 0 Å². The van der Waals surface area contributed by atoms with Crippen LogP contribution in [0.15, 0.2) is 12.1 Å². The Morgan fingerprint density at radius 3 is 2.32 bits per heavy atom. The summed E-state index contributed by atoms with van der Waals surface area (Å²) in [7, 11) is 0. The van der Waals surface area contributed by atoms with Crippen LogP contribution >= 0.6 is 0 Å². The third kappa shape index (κ3) is 3.08. The lowest BCUT2D eigenvalue weighted by atomic mass is 9.66. The highest BCUT2D eigenvalue weighted by molar-refractivity contribution is 6.04. The first-order valence-electron chi connectivity index (χ1n) is 8.09. The van der Waals surface area contributed by atoms with Crippen LogP contribution in [-0.2, 0) is 16.0 Å². The van der Waals surface area contributed by atoms with Crippen molar-refractivity contribution in [2.45, 2.75) is 59.8 Å². The van der Waals surface area contributed by atoms with Crippen LogP contribution in [0.5, 0.6) is 0 Å². The Balaban J connectivity index is 2.32. The summed E-state index contributed by atoms with van der Waals surface area (Å²) in [6, 6.07) is 4.12. The third-order valence-corrected chi connectivity index (χ3v) is 5.12. The van der Waals surface area contributed by atoms with E-state index in [1.807, 2.05) is 27.7 Å². The summed E-state index contributed by atoms with van der Waals surface area (Å²) in [4.78, 5) is 24.7. The molecule has 1 N–H and O–H groups in total. The fraction of sp³-hybridized carbons (Fsp3) is 0.579. The second-order valence-electron chi connectivity index (χ2n) is 7.07. The second-order valence-corrected chi connectivity index (χ2v) is 7.07. The van der Waals surface area contributed by atoms with Crippen molar-refractivity contribution in [3.63, 3.8) is 0 Å². The molecular formula is C19H26O3. The van der Waals surface area contributed by atoms with Gasteiger partial charge in [-0.2, -0.15) is 0 Å². The number of aryl methyl sites for hydroxylation is 3. The zero-order valence-corrected chi connectivity index (χ0v) is 14.0. The first-order chi connectivity index (χ1) is 10.3. The minimum Gasteiger partial charge on any atom is -0.480 e. The largest absolute Gasteiger partial charge is 0.480 e. The van der Waals surface area contributed by atoms with Gasteiger partial charge >= 0.3 is 5.97 Å². The van der Waals surface area contributed by atoms with E-state index in [0.29, 0.717) is 18.8 Å². The van der Waals surface area contributed by atoms with E-state index < -0.39 is 11.4 Å².